The normalized spacial score (nSPS) is 15.0. The van der Waals surface area contributed by atoms with E-state index < -0.39 is 11.4 Å². The molecule has 4 rings (SSSR count). The molecule has 25 heavy (non-hydrogen) atoms. The summed E-state index contributed by atoms with van der Waals surface area (Å²) in [6, 6.07) is 10.6. The fourth-order valence-corrected chi connectivity index (χ4v) is 2.86. The smallest absolute Gasteiger partial charge is 0.236 e. The zero-order chi connectivity index (χ0) is 17.4. The number of anilines is 1. The average molecular weight is 340 g/mol. The van der Waals surface area contributed by atoms with Gasteiger partial charge in [-0.1, -0.05) is 12.1 Å². The number of hydrogen-bond donors (Lipinski definition) is 1. The van der Waals surface area contributed by atoms with Crippen LogP contribution in [-0.4, -0.2) is 20.7 Å². The number of nitrogens with one attached hydrogen (secondary N) is 1. The predicted octanol–water partition coefficient (Wildman–Crippen LogP) is 3.22. The van der Waals surface area contributed by atoms with Gasteiger partial charge in [0.1, 0.15) is 5.82 Å². The van der Waals surface area contributed by atoms with Crippen molar-refractivity contribution in [1.82, 2.24) is 14.8 Å². The van der Waals surface area contributed by atoms with E-state index in [1.54, 1.807) is 30.5 Å². The van der Waals surface area contributed by atoms with Gasteiger partial charge in [0.2, 0.25) is 11.9 Å². The second kappa shape index (κ2) is 5.77. The summed E-state index contributed by atoms with van der Waals surface area (Å²) < 4.78 is 28.1. The quantitative estimate of drug-likeness (QED) is 0.742. The third-order valence-electron chi connectivity index (χ3n) is 4.37. The molecule has 1 aliphatic carbocycles. The molecule has 1 aromatic carbocycles. The molecule has 0 radical (unpaired) electrons. The molecule has 0 saturated heterocycles. The first-order valence-corrected chi connectivity index (χ1v) is 7.82. The van der Waals surface area contributed by atoms with Crippen molar-refractivity contribution in [2.45, 2.75) is 18.3 Å². The Hall–Kier alpha value is -3.09. The van der Waals surface area contributed by atoms with Crippen LogP contribution in [0.25, 0.3) is 5.69 Å². The van der Waals surface area contributed by atoms with E-state index in [9.17, 15) is 13.6 Å². The standard InChI is InChI=1S/C18H14F2N4O/c19-13-3-1-2-12(10-13)18(6-7-18)17(25)22-16-5-9-24(23-16)14-4-8-21-15(20)11-14/h1-5,8-11H,6-7H2,(H,22,23,25). The van der Waals surface area contributed by atoms with Gasteiger partial charge in [0.15, 0.2) is 5.82 Å². The SMILES string of the molecule is O=C(Nc1ccn(-c2ccnc(F)c2)n1)C1(c2cccc(F)c2)CC1. The van der Waals surface area contributed by atoms with Gasteiger partial charge in [0, 0.05) is 24.5 Å². The number of rotatable bonds is 4. The van der Waals surface area contributed by atoms with Crippen LogP contribution in [0.4, 0.5) is 14.6 Å². The maximum absolute atomic E-state index is 13.5. The van der Waals surface area contributed by atoms with E-state index in [4.69, 9.17) is 0 Å². The maximum Gasteiger partial charge on any atom is 0.236 e. The Bertz CT molecular complexity index is 950. The van der Waals surface area contributed by atoms with E-state index in [0.29, 0.717) is 29.9 Å². The molecule has 1 aliphatic rings. The Balaban J connectivity index is 1.54. The summed E-state index contributed by atoms with van der Waals surface area (Å²) in [5, 5.41) is 7.00. The van der Waals surface area contributed by atoms with E-state index in [1.165, 1.54) is 29.1 Å². The highest BCUT2D eigenvalue weighted by atomic mass is 19.1. The Morgan fingerprint density at radius 3 is 2.72 bits per heavy atom. The Kier molecular flexibility index (Phi) is 3.56. The minimum Gasteiger partial charge on any atom is -0.308 e. The molecule has 0 atom stereocenters. The number of aromatic nitrogens is 3. The van der Waals surface area contributed by atoms with Crippen LogP contribution in [0.3, 0.4) is 0 Å². The van der Waals surface area contributed by atoms with Crippen molar-refractivity contribution in [3.8, 4) is 5.69 Å². The molecule has 3 aromatic rings. The van der Waals surface area contributed by atoms with Gasteiger partial charge in [-0.2, -0.15) is 9.49 Å². The number of nitrogens with zero attached hydrogens (tertiary/aromatic N) is 3. The molecule has 0 bridgehead atoms. The van der Waals surface area contributed by atoms with Gasteiger partial charge in [0.25, 0.3) is 0 Å². The Labute approximate surface area is 142 Å². The first-order chi connectivity index (χ1) is 12.1. The summed E-state index contributed by atoms with van der Waals surface area (Å²) in [6.07, 6.45) is 4.29. The van der Waals surface area contributed by atoms with Gasteiger partial charge in [-0.25, -0.2) is 14.1 Å². The number of amides is 1. The molecule has 1 amide bonds. The summed E-state index contributed by atoms with van der Waals surface area (Å²) >= 11 is 0. The van der Waals surface area contributed by atoms with Gasteiger partial charge >= 0.3 is 0 Å². The minimum absolute atomic E-state index is 0.218. The van der Waals surface area contributed by atoms with Crippen LogP contribution in [0, 0.1) is 11.8 Å². The zero-order valence-corrected chi connectivity index (χ0v) is 13.1. The molecule has 0 unspecified atom stereocenters. The molecular weight excluding hydrogens is 326 g/mol. The lowest BCUT2D eigenvalue weighted by atomic mass is 9.95. The monoisotopic (exact) mass is 340 g/mol. The predicted molar refractivity (Wildman–Crippen MR) is 87.3 cm³/mol. The lowest BCUT2D eigenvalue weighted by Gasteiger charge is -2.14. The van der Waals surface area contributed by atoms with E-state index in [2.05, 4.69) is 15.4 Å². The van der Waals surface area contributed by atoms with Crippen LogP contribution in [0.5, 0.6) is 0 Å². The van der Waals surface area contributed by atoms with Gasteiger partial charge in [-0.3, -0.25) is 4.79 Å². The number of pyridine rings is 1. The molecule has 0 spiro atoms. The van der Waals surface area contributed by atoms with Crippen LogP contribution in [0.1, 0.15) is 18.4 Å². The fraction of sp³-hybridized carbons (Fsp3) is 0.167. The summed E-state index contributed by atoms with van der Waals surface area (Å²) in [6.45, 7) is 0. The molecule has 1 N–H and O–H groups in total. The van der Waals surface area contributed by atoms with E-state index in [0.717, 1.165) is 0 Å². The Morgan fingerprint density at radius 1 is 1.16 bits per heavy atom. The second-order valence-corrected chi connectivity index (χ2v) is 6.03. The molecule has 7 heteroatoms. The zero-order valence-electron chi connectivity index (χ0n) is 13.1. The lowest BCUT2D eigenvalue weighted by Crippen LogP contribution is -2.28. The van der Waals surface area contributed by atoms with Gasteiger partial charge in [-0.15, -0.1) is 0 Å². The number of carbonyl (C=O) groups excluding carboxylic acids is 1. The van der Waals surface area contributed by atoms with Crippen molar-refractivity contribution >= 4 is 11.7 Å². The molecule has 2 aromatic heterocycles. The third-order valence-corrected chi connectivity index (χ3v) is 4.37. The van der Waals surface area contributed by atoms with E-state index in [1.807, 2.05) is 0 Å². The average Bonchev–Trinajstić information content (AvgIpc) is 3.29. The first kappa shape index (κ1) is 15.4. The van der Waals surface area contributed by atoms with Crippen molar-refractivity contribution in [3.05, 3.63) is 72.2 Å². The van der Waals surface area contributed by atoms with Crippen LogP contribution in [0.2, 0.25) is 0 Å². The van der Waals surface area contributed by atoms with Crippen molar-refractivity contribution in [2.75, 3.05) is 5.32 Å². The molecule has 0 aliphatic heterocycles. The third kappa shape index (κ3) is 2.88. The summed E-state index contributed by atoms with van der Waals surface area (Å²) in [5.41, 5.74) is 0.467. The summed E-state index contributed by atoms with van der Waals surface area (Å²) in [5.74, 6) is -0.837. The summed E-state index contributed by atoms with van der Waals surface area (Å²) in [7, 11) is 0. The number of hydrogen-bond acceptors (Lipinski definition) is 3. The highest BCUT2D eigenvalue weighted by molar-refractivity contribution is 6.00. The van der Waals surface area contributed by atoms with Crippen LogP contribution >= 0.6 is 0 Å². The van der Waals surface area contributed by atoms with Crippen LogP contribution in [0.15, 0.2) is 54.9 Å². The Morgan fingerprint density at radius 2 is 2.00 bits per heavy atom. The van der Waals surface area contributed by atoms with Crippen molar-refractivity contribution in [1.29, 1.82) is 0 Å². The van der Waals surface area contributed by atoms with E-state index in [-0.39, 0.29) is 11.7 Å². The minimum atomic E-state index is -0.700. The highest BCUT2D eigenvalue weighted by Crippen LogP contribution is 2.49. The van der Waals surface area contributed by atoms with Gasteiger partial charge in [-0.05, 0) is 36.6 Å². The molecule has 126 valence electrons. The number of carbonyl (C=O) groups is 1. The maximum atomic E-state index is 13.5. The summed E-state index contributed by atoms with van der Waals surface area (Å²) in [4.78, 5) is 16.1. The number of benzene rings is 1. The van der Waals surface area contributed by atoms with Crippen LogP contribution < -0.4 is 5.32 Å². The molecule has 1 fully saturated rings. The van der Waals surface area contributed by atoms with Crippen LogP contribution in [-0.2, 0) is 10.2 Å². The number of halogens is 2. The molecule has 1 saturated carbocycles. The van der Waals surface area contributed by atoms with Crippen molar-refractivity contribution in [3.63, 3.8) is 0 Å². The molecule has 2 heterocycles. The van der Waals surface area contributed by atoms with Gasteiger partial charge < -0.3 is 5.32 Å². The lowest BCUT2D eigenvalue weighted by molar-refractivity contribution is -0.118. The molecule has 5 nitrogen and oxygen atoms in total. The largest absolute Gasteiger partial charge is 0.308 e. The fourth-order valence-electron chi connectivity index (χ4n) is 2.86. The topological polar surface area (TPSA) is 59.8 Å². The molecular formula is C18H14F2N4O. The van der Waals surface area contributed by atoms with Crippen molar-refractivity contribution < 1.29 is 13.6 Å². The van der Waals surface area contributed by atoms with Crippen molar-refractivity contribution in [2.24, 2.45) is 0 Å². The second-order valence-electron chi connectivity index (χ2n) is 6.03. The van der Waals surface area contributed by atoms with Gasteiger partial charge in [0.05, 0.1) is 11.1 Å². The highest BCUT2D eigenvalue weighted by Gasteiger charge is 2.51. The van der Waals surface area contributed by atoms with E-state index >= 15 is 0 Å². The first-order valence-electron chi connectivity index (χ1n) is 7.82.